The molecule has 2 heteroatoms. The van der Waals surface area contributed by atoms with E-state index in [1.807, 2.05) is 0 Å². The first-order valence-corrected chi connectivity index (χ1v) is 8.50. The molecule has 1 aliphatic heterocycles. The molecule has 0 bridgehead atoms. The van der Waals surface area contributed by atoms with Gasteiger partial charge in [-0.25, -0.2) is 0 Å². The average molecular weight is 266 g/mol. The Morgan fingerprint density at radius 1 is 1.00 bits per heavy atom. The van der Waals surface area contributed by atoms with Crippen molar-refractivity contribution >= 4 is 0 Å². The van der Waals surface area contributed by atoms with Crippen LogP contribution in [0.5, 0.6) is 0 Å². The molecule has 0 amide bonds. The second-order valence-corrected chi connectivity index (χ2v) is 7.53. The van der Waals surface area contributed by atoms with Crippen LogP contribution in [-0.4, -0.2) is 38.1 Å². The van der Waals surface area contributed by atoms with Gasteiger partial charge in [0.05, 0.1) is 0 Å². The van der Waals surface area contributed by atoms with Crippen LogP contribution in [0.15, 0.2) is 0 Å². The van der Waals surface area contributed by atoms with Crippen LogP contribution in [0.4, 0.5) is 0 Å². The molecule has 1 atom stereocenters. The van der Waals surface area contributed by atoms with Gasteiger partial charge < -0.3 is 10.2 Å². The van der Waals surface area contributed by atoms with Crippen molar-refractivity contribution < 1.29 is 0 Å². The van der Waals surface area contributed by atoms with E-state index < -0.39 is 0 Å². The Balaban J connectivity index is 1.92. The SMILES string of the molecule is CNCC1(CN2CCCC(C)CC2)CCC(C)CC1. The van der Waals surface area contributed by atoms with E-state index in [1.165, 1.54) is 71.1 Å². The van der Waals surface area contributed by atoms with Crippen molar-refractivity contribution in [1.82, 2.24) is 10.2 Å². The molecule has 2 nitrogen and oxygen atoms in total. The van der Waals surface area contributed by atoms with Gasteiger partial charge in [-0.3, -0.25) is 0 Å². The molecule has 1 aliphatic carbocycles. The van der Waals surface area contributed by atoms with Gasteiger partial charge in [-0.15, -0.1) is 0 Å². The summed E-state index contributed by atoms with van der Waals surface area (Å²) in [6.45, 7) is 10.1. The fourth-order valence-electron chi connectivity index (χ4n) is 4.10. The summed E-state index contributed by atoms with van der Waals surface area (Å²) in [5, 5.41) is 3.48. The van der Waals surface area contributed by atoms with Crippen molar-refractivity contribution in [3.8, 4) is 0 Å². The van der Waals surface area contributed by atoms with Crippen LogP contribution in [0.3, 0.4) is 0 Å². The topological polar surface area (TPSA) is 15.3 Å². The number of nitrogens with one attached hydrogen (secondary N) is 1. The maximum atomic E-state index is 3.48. The summed E-state index contributed by atoms with van der Waals surface area (Å²) in [6.07, 6.45) is 9.99. The highest BCUT2D eigenvalue weighted by Gasteiger charge is 2.35. The van der Waals surface area contributed by atoms with Crippen LogP contribution < -0.4 is 5.32 Å². The van der Waals surface area contributed by atoms with Crippen molar-refractivity contribution in [2.24, 2.45) is 17.3 Å². The molecule has 0 spiro atoms. The van der Waals surface area contributed by atoms with Gasteiger partial charge in [-0.05, 0) is 69.5 Å². The number of hydrogen-bond acceptors (Lipinski definition) is 2. The van der Waals surface area contributed by atoms with E-state index in [1.54, 1.807) is 0 Å². The highest BCUT2D eigenvalue weighted by atomic mass is 15.1. The van der Waals surface area contributed by atoms with Gasteiger partial charge in [0.25, 0.3) is 0 Å². The summed E-state index contributed by atoms with van der Waals surface area (Å²) < 4.78 is 0. The molecule has 1 unspecified atom stereocenters. The van der Waals surface area contributed by atoms with Gasteiger partial charge in [-0.2, -0.15) is 0 Å². The van der Waals surface area contributed by atoms with Crippen LogP contribution in [0.25, 0.3) is 0 Å². The van der Waals surface area contributed by atoms with Gasteiger partial charge in [-0.1, -0.05) is 26.7 Å². The summed E-state index contributed by atoms with van der Waals surface area (Å²) in [5.74, 6) is 1.89. The largest absolute Gasteiger partial charge is 0.319 e. The number of likely N-dealkylation sites (tertiary alicyclic amines) is 1. The van der Waals surface area contributed by atoms with Gasteiger partial charge in [0, 0.05) is 13.1 Å². The lowest BCUT2D eigenvalue weighted by molar-refractivity contribution is 0.0894. The zero-order valence-corrected chi connectivity index (χ0v) is 13.4. The van der Waals surface area contributed by atoms with Crippen LogP contribution >= 0.6 is 0 Å². The highest BCUT2D eigenvalue weighted by molar-refractivity contribution is 4.89. The molecule has 1 saturated heterocycles. The fourth-order valence-corrected chi connectivity index (χ4v) is 4.10. The standard InChI is InChI=1S/C17H34N2/c1-15-5-4-11-19(12-8-15)14-17(13-18-3)9-6-16(2)7-10-17/h15-16,18H,4-14H2,1-3H3. The molecule has 0 aromatic rings. The predicted octanol–water partition coefficient (Wildman–Crippen LogP) is 3.52. The Morgan fingerprint density at radius 3 is 2.37 bits per heavy atom. The lowest BCUT2D eigenvalue weighted by atomic mass is 9.70. The number of nitrogens with zero attached hydrogens (tertiary/aromatic N) is 1. The van der Waals surface area contributed by atoms with Crippen LogP contribution in [0.1, 0.15) is 58.8 Å². The zero-order chi connectivity index (χ0) is 13.7. The molecule has 0 aromatic heterocycles. The zero-order valence-electron chi connectivity index (χ0n) is 13.4. The molecule has 2 aliphatic rings. The van der Waals surface area contributed by atoms with Gasteiger partial charge in [0.2, 0.25) is 0 Å². The Morgan fingerprint density at radius 2 is 1.68 bits per heavy atom. The molecular formula is C17H34N2. The van der Waals surface area contributed by atoms with Gasteiger partial charge in [0.15, 0.2) is 0 Å². The Bertz CT molecular complexity index is 256. The molecular weight excluding hydrogens is 232 g/mol. The monoisotopic (exact) mass is 266 g/mol. The molecule has 1 heterocycles. The van der Waals surface area contributed by atoms with E-state index in [9.17, 15) is 0 Å². The smallest absolute Gasteiger partial charge is 0.00501 e. The van der Waals surface area contributed by atoms with E-state index in [2.05, 4.69) is 31.1 Å². The highest BCUT2D eigenvalue weighted by Crippen LogP contribution is 2.39. The van der Waals surface area contributed by atoms with E-state index in [-0.39, 0.29) is 0 Å². The third kappa shape index (κ3) is 4.46. The van der Waals surface area contributed by atoms with Crippen LogP contribution in [0, 0.1) is 17.3 Å². The second kappa shape index (κ2) is 7.08. The normalized spacial score (nSPS) is 38.1. The van der Waals surface area contributed by atoms with Crippen molar-refractivity contribution in [2.75, 3.05) is 33.2 Å². The lowest BCUT2D eigenvalue weighted by Gasteiger charge is -2.42. The molecule has 1 N–H and O–H groups in total. The Labute approximate surface area is 120 Å². The third-order valence-electron chi connectivity index (χ3n) is 5.56. The van der Waals surface area contributed by atoms with Gasteiger partial charge in [0.1, 0.15) is 0 Å². The molecule has 2 rings (SSSR count). The summed E-state index contributed by atoms with van der Waals surface area (Å²) in [4.78, 5) is 2.77. The predicted molar refractivity (Wildman–Crippen MR) is 83.4 cm³/mol. The summed E-state index contributed by atoms with van der Waals surface area (Å²) >= 11 is 0. The quantitative estimate of drug-likeness (QED) is 0.837. The van der Waals surface area contributed by atoms with Gasteiger partial charge >= 0.3 is 0 Å². The van der Waals surface area contributed by atoms with E-state index in [4.69, 9.17) is 0 Å². The molecule has 0 radical (unpaired) electrons. The maximum absolute atomic E-state index is 3.48. The maximum Gasteiger partial charge on any atom is 0.00501 e. The first-order chi connectivity index (χ1) is 9.13. The van der Waals surface area contributed by atoms with E-state index in [0.29, 0.717) is 5.41 Å². The first-order valence-electron chi connectivity index (χ1n) is 8.50. The fraction of sp³-hybridized carbons (Fsp3) is 1.00. The molecule has 2 fully saturated rings. The molecule has 112 valence electrons. The Kier molecular flexibility index (Phi) is 5.70. The number of rotatable bonds is 4. The lowest BCUT2D eigenvalue weighted by Crippen LogP contribution is -2.45. The van der Waals surface area contributed by atoms with Crippen LogP contribution in [0.2, 0.25) is 0 Å². The minimum atomic E-state index is 0.564. The van der Waals surface area contributed by atoms with E-state index in [0.717, 1.165) is 11.8 Å². The summed E-state index contributed by atoms with van der Waals surface area (Å²) in [6, 6.07) is 0. The van der Waals surface area contributed by atoms with E-state index >= 15 is 0 Å². The Hall–Kier alpha value is -0.0800. The third-order valence-corrected chi connectivity index (χ3v) is 5.56. The van der Waals surface area contributed by atoms with Crippen molar-refractivity contribution in [1.29, 1.82) is 0 Å². The number of hydrogen-bond donors (Lipinski definition) is 1. The minimum absolute atomic E-state index is 0.564. The average Bonchev–Trinajstić information content (AvgIpc) is 2.59. The molecule has 19 heavy (non-hydrogen) atoms. The second-order valence-electron chi connectivity index (χ2n) is 7.53. The summed E-state index contributed by atoms with van der Waals surface area (Å²) in [5.41, 5.74) is 0.564. The summed E-state index contributed by atoms with van der Waals surface area (Å²) in [7, 11) is 2.13. The van der Waals surface area contributed by atoms with Crippen molar-refractivity contribution in [3.63, 3.8) is 0 Å². The van der Waals surface area contributed by atoms with Crippen molar-refractivity contribution in [3.05, 3.63) is 0 Å². The minimum Gasteiger partial charge on any atom is -0.319 e. The molecule has 1 saturated carbocycles. The molecule has 0 aromatic carbocycles. The first kappa shape index (κ1) is 15.3. The van der Waals surface area contributed by atoms with Crippen molar-refractivity contribution in [2.45, 2.75) is 58.8 Å². The van der Waals surface area contributed by atoms with Crippen LogP contribution in [-0.2, 0) is 0 Å².